The maximum atomic E-state index is 11.6. The highest BCUT2D eigenvalue weighted by Crippen LogP contribution is 2.30. The highest BCUT2D eigenvalue weighted by molar-refractivity contribution is 6.67. The van der Waals surface area contributed by atoms with Crippen LogP contribution in [-0.4, -0.2) is 22.7 Å². The van der Waals surface area contributed by atoms with Gasteiger partial charge in [-0.1, -0.05) is 44.0 Å². The van der Waals surface area contributed by atoms with Crippen LogP contribution < -0.4 is 0 Å². The van der Waals surface area contributed by atoms with Crippen molar-refractivity contribution in [1.82, 2.24) is 0 Å². The van der Waals surface area contributed by atoms with Crippen LogP contribution in [0.3, 0.4) is 0 Å². The van der Waals surface area contributed by atoms with Crippen molar-refractivity contribution in [3.8, 4) is 0 Å². The second-order valence-electron chi connectivity index (χ2n) is 4.46. The van der Waals surface area contributed by atoms with E-state index in [1.165, 1.54) is 0 Å². The largest absolute Gasteiger partial charge is 0.463 e. The van der Waals surface area contributed by atoms with Crippen molar-refractivity contribution in [1.29, 1.82) is 0 Å². The van der Waals surface area contributed by atoms with E-state index in [4.69, 9.17) is 23.2 Å². The zero-order valence-corrected chi connectivity index (χ0v) is 10.9. The van der Waals surface area contributed by atoms with Crippen LogP contribution in [0.15, 0.2) is 0 Å². The lowest BCUT2D eigenvalue weighted by atomic mass is 9.89. The topological polar surface area (TPSA) is 43.4 Å². The summed E-state index contributed by atoms with van der Waals surface area (Å²) in [5.74, 6) is -1.43. The molecule has 88 valence electrons. The molecule has 0 unspecified atom stereocenters. The van der Waals surface area contributed by atoms with Crippen molar-refractivity contribution >= 4 is 35.0 Å². The highest BCUT2D eigenvalue weighted by atomic mass is 35.5. The van der Waals surface area contributed by atoms with Gasteiger partial charge in [0.2, 0.25) is 0 Å². The van der Waals surface area contributed by atoms with Gasteiger partial charge in [0.1, 0.15) is 0 Å². The standard InChI is InChI=1S/C10H16Cl2O3/c1-5-15-8(14)10(11,12)7(13)6-9(2,3)4/h5-6H2,1-4H3. The van der Waals surface area contributed by atoms with Gasteiger partial charge >= 0.3 is 5.97 Å². The summed E-state index contributed by atoms with van der Waals surface area (Å²) in [7, 11) is 0. The van der Waals surface area contributed by atoms with Crippen LogP contribution in [0.1, 0.15) is 34.1 Å². The second kappa shape index (κ2) is 5.17. The Morgan fingerprint density at radius 2 is 1.67 bits per heavy atom. The Hall–Kier alpha value is -0.280. The fourth-order valence-electron chi connectivity index (χ4n) is 0.928. The van der Waals surface area contributed by atoms with Gasteiger partial charge in [0.15, 0.2) is 5.78 Å². The SMILES string of the molecule is CCOC(=O)C(Cl)(Cl)C(=O)CC(C)(C)C. The van der Waals surface area contributed by atoms with Gasteiger partial charge in [-0.15, -0.1) is 0 Å². The summed E-state index contributed by atoms with van der Waals surface area (Å²) in [6.07, 6.45) is 0.124. The molecule has 0 bridgehead atoms. The number of ether oxygens (including phenoxy) is 1. The molecular weight excluding hydrogens is 239 g/mol. The molecule has 0 radical (unpaired) electrons. The minimum atomic E-state index is -2.08. The van der Waals surface area contributed by atoms with Gasteiger partial charge < -0.3 is 4.74 Å². The lowest BCUT2D eigenvalue weighted by Crippen LogP contribution is -2.39. The second-order valence-corrected chi connectivity index (χ2v) is 5.78. The first-order valence-corrected chi connectivity index (χ1v) is 5.45. The van der Waals surface area contributed by atoms with Gasteiger partial charge in [0.05, 0.1) is 6.61 Å². The minimum absolute atomic E-state index is 0.124. The number of ketones is 1. The van der Waals surface area contributed by atoms with Gasteiger partial charge in [-0.25, -0.2) is 4.79 Å². The Labute approximate surface area is 100 Å². The third-order valence-corrected chi connectivity index (χ3v) is 2.30. The molecular formula is C10H16Cl2O3. The third-order valence-electron chi connectivity index (χ3n) is 1.57. The van der Waals surface area contributed by atoms with E-state index in [1.54, 1.807) is 6.92 Å². The fourth-order valence-corrected chi connectivity index (χ4v) is 1.17. The molecule has 0 spiro atoms. The lowest BCUT2D eigenvalue weighted by Gasteiger charge is -2.22. The predicted octanol–water partition coefficient (Wildman–Crippen LogP) is 2.73. The van der Waals surface area contributed by atoms with Crippen LogP contribution in [-0.2, 0) is 14.3 Å². The van der Waals surface area contributed by atoms with Crippen molar-refractivity contribution in [3.63, 3.8) is 0 Å². The van der Waals surface area contributed by atoms with Crippen molar-refractivity contribution < 1.29 is 14.3 Å². The zero-order chi connectivity index (χ0) is 12.3. The average molecular weight is 255 g/mol. The Morgan fingerprint density at radius 1 is 1.20 bits per heavy atom. The Balaban J connectivity index is 4.59. The lowest BCUT2D eigenvalue weighted by molar-refractivity contribution is -0.146. The van der Waals surface area contributed by atoms with Gasteiger partial charge in [0, 0.05) is 6.42 Å². The molecule has 5 heteroatoms. The van der Waals surface area contributed by atoms with Crippen LogP contribution in [0.5, 0.6) is 0 Å². The molecule has 0 amide bonds. The van der Waals surface area contributed by atoms with Crippen molar-refractivity contribution in [3.05, 3.63) is 0 Å². The molecule has 0 aliphatic heterocycles. The van der Waals surface area contributed by atoms with E-state index < -0.39 is 16.1 Å². The molecule has 0 aromatic heterocycles. The number of carbonyl (C=O) groups excluding carboxylic acids is 2. The van der Waals surface area contributed by atoms with E-state index >= 15 is 0 Å². The van der Waals surface area contributed by atoms with Crippen LogP contribution in [0.2, 0.25) is 0 Å². The van der Waals surface area contributed by atoms with E-state index in [0.29, 0.717) is 0 Å². The van der Waals surface area contributed by atoms with Gasteiger partial charge in [-0.2, -0.15) is 0 Å². The van der Waals surface area contributed by atoms with Crippen molar-refractivity contribution in [2.75, 3.05) is 6.61 Å². The number of hydrogen-bond acceptors (Lipinski definition) is 3. The molecule has 0 rings (SSSR count). The summed E-state index contributed by atoms with van der Waals surface area (Å²) in [4.78, 5) is 22.9. The van der Waals surface area contributed by atoms with E-state index in [-0.39, 0.29) is 18.4 Å². The number of halogens is 2. The Morgan fingerprint density at radius 3 is 2.00 bits per heavy atom. The first-order valence-electron chi connectivity index (χ1n) is 4.69. The van der Waals surface area contributed by atoms with Crippen LogP contribution in [0.25, 0.3) is 0 Å². The number of Topliss-reactive ketones (excluding diaryl/α,β-unsaturated/α-hetero) is 1. The maximum Gasteiger partial charge on any atom is 0.350 e. The van der Waals surface area contributed by atoms with E-state index in [0.717, 1.165) is 0 Å². The van der Waals surface area contributed by atoms with Crippen LogP contribution in [0.4, 0.5) is 0 Å². The summed E-state index contributed by atoms with van der Waals surface area (Å²) in [6.45, 7) is 7.35. The summed E-state index contributed by atoms with van der Waals surface area (Å²) in [5, 5.41) is 0. The molecule has 0 aliphatic rings. The van der Waals surface area contributed by atoms with Crippen LogP contribution >= 0.6 is 23.2 Å². The van der Waals surface area contributed by atoms with Crippen molar-refractivity contribution in [2.24, 2.45) is 5.41 Å². The summed E-state index contributed by atoms with van der Waals surface area (Å²) < 4.78 is 2.54. The Kier molecular flexibility index (Phi) is 5.07. The molecule has 15 heavy (non-hydrogen) atoms. The molecule has 0 heterocycles. The normalized spacial score (nSPS) is 12.4. The molecule has 0 aromatic carbocycles. The number of alkyl halides is 2. The summed E-state index contributed by atoms with van der Waals surface area (Å²) in [5.41, 5.74) is -0.265. The molecule has 0 aromatic rings. The van der Waals surface area contributed by atoms with Crippen LogP contribution in [0, 0.1) is 5.41 Å². The average Bonchev–Trinajstić information content (AvgIpc) is 2.01. The first kappa shape index (κ1) is 14.7. The molecule has 0 N–H and O–H groups in total. The molecule has 0 atom stereocenters. The van der Waals surface area contributed by atoms with Crippen molar-refractivity contribution in [2.45, 2.75) is 38.4 Å². The molecule has 0 saturated heterocycles. The molecule has 0 aliphatic carbocycles. The summed E-state index contributed by atoms with van der Waals surface area (Å²) >= 11 is 11.3. The Bertz CT molecular complexity index is 254. The monoisotopic (exact) mass is 254 g/mol. The molecule has 0 saturated carbocycles. The molecule has 3 nitrogen and oxygen atoms in total. The number of rotatable bonds is 4. The first-order chi connectivity index (χ1) is 6.61. The number of hydrogen-bond donors (Lipinski definition) is 0. The molecule has 0 fully saturated rings. The van der Waals surface area contributed by atoms with E-state index in [9.17, 15) is 9.59 Å². The quantitative estimate of drug-likeness (QED) is 0.440. The zero-order valence-electron chi connectivity index (χ0n) is 9.39. The van der Waals surface area contributed by atoms with E-state index in [1.807, 2.05) is 20.8 Å². The summed E-state index contributed by atoms with van der Waals surface area (Å²) in [6, 6.07) is 0. The van der Waals surface area contributed by atoms with E-state index in [2.05, 4.69) is 4.74 Å². The highest BCUT2D eigenvalue weighted by Gasteiger charge is 2.44. The van der Waals surface area contributed by atoms with Gasteiger partial charge in [-0.3, -0.25) is 4.79 Å². The third kappa shape index (κ3) is 4.85. The maximum absolute atomic E-state index is 11.6. The predicted molar refractivity (Wildman–Crippen MR) is 60.1 cm³/mol. The smallest absolute Gasteiger partial charge is 0.350 e. The fraction of sp³-hybridized carbons (Fsp3) is 0.800. The minimum Gasteiger partial charge on any atom is -0.463 e. The number of esters is 1. The number of carbonyl (C=O) groups is 2. The van der Waals surface area contributed by atoms with Gasteiger partial charge in [-0.05, 0) is 12.3 Å². The van der Waals surface area contributed by atoms with Gasteiger partial charge in [0.25, 0.3) is 4.33 Å².